The minimum absolute atomic E-state index is 0.0111. The number of benzene rings is 1. The molecule has 3 rings (SSSR count). The maximum atomic E-state index is 14.2. The Morgan fingerprint density at radius 2 is 2.32 bits per heavy atom. The zero-order chi connectivity index (χ0) is 13.6. The predicted molar refractivity (Wildman–Crippen MR) is 64.0 cm³/mol. The molecule has 2 atom stereocenters. The van der Waals surface area contributed by atoms with Crippen LogP contribution < -0.4 is 14.8 Å². The van der Waals surface area contributed by atoms with E-state index in [-0.39, 0.29) is 17.4 Å². The number of halogens is 2. The molecule has 0 bridgehead atoms. The monoisotopic (exact) mass is 287 g/mol. The van der Waals surface area contributed by atoms with E-state index in [0.29, 0.717) is 24.5 Å². The van der Waals surface area contributed by atoms with Crippen molar-refractivity contribution in [1.82, 2.24) is 5.32 Å². The molecule has 2 heterocycles. The Balaban J connectivity index is 1.99. The second-order valence-corrected chi connectivity index (χ2v) is 4.96. The molecule has 0 aliphatic carbocycles. The molecule has 0 saturated carbocycles. The van der Waals surface area contributed by atoms with Gasteiger partial charge in [-0.2, -0.15) is 0 Å². The first-order valence-electron chi connectivity index (χ1n) is 5.81. The lowest BCUT2D eigenvalue weighted by molar-refractivity contribution is -0.141. The van der Waals surface area contributed by atoms with Gasteiger partial charge in [-0.3, -0.25) is 4.79 Å². The molecule has 7 heteroatoms. The van der Waals surface area contributed by atoms with E-state index in [1.54, 1.807) is 0 Å². The third kappa shape index (κ3) is 2.01. The van der Waals surface area contributed by atoms with Crippen LogP contribution in [0.5, 0.6) is 11.5 Å². The maximum Gasteiger partial charge on any atom is 0.307 e. The van der Waals surface area contributed by atoms with Crippen molar-refractivity contribution in [3.8, 4) is 11.5 Å². The van der Waals surface area contributed by atoms with Crippen LogP contribution in [-0.4, -0.2) is 24.4 Å². The predicted octanol–water partition coefficient (Wildman–Crippen LogP) is 1.94. The molecule has 19 heavy (non-hydrogen) atoms. The van der Waals surface area contributed by atoms with Gasteiger partial charge < -0.3 is 19.9 Å². The van der Waals surface area contributed by atoms with Crippen LogP contribution in [0, 0.1) is 11.7 Å². The number of ether oxygens (including phenoxy) is 2. The number of nitrogens with one attached hydrogen (secondary N) is 1. The van der Waals surface area contributed by atoms with Crippen LogP contribution in [0.4, 0.5) is 4.39 Å². The van der Waals surface area contributed by atoms with Crippen molar-refractivity contribution in [2.45, 2.75) is 12.5 Å². The summed E-state index contributed by atoms with van der Waals surface area (Å²) in [6, 6.07) is 0.932. The van der Waals surface area contributed by atoms with E-state index in [0.717, 1.165) is 0 Å². The summed E-state index contributed by atoms with van der Waals surface area (Å²) < 4.78 is 24.6. The van der Waals surface area contributed by atoms with Gasteiger partial charge in [-0.05, 0) is 6.42 Å². The lowest BCUT2D eigenvalue weighted by atomic mass is 9.98. The van der Waals surface area contributed by atoms with Crippen LogP contribution >= 0.6 is 11.6 Å². The number of hydrogen-bond acceptors (Lipinski definition) is 4. The van der Waals surface area contributed by atoms with Gasteiger partial charge in [0.15, 0.2) is 17.3 Å². The minimum Gasteiger partial charge on any atom is -0.481 e. The van der Waals surface area contributed by atoms with Crippen molar-refractivity contribution in [3.05, 3.63) is 22.5 Å². The van der Waals surface area contributed by atoms with Crippen LogP contribution in [0.25, 0.3) is 0 Å². The third-order valence-corrected chi connectivity index (χ3v) is 3.69. The molecule has 0 amide bonds. The van der Waals surface area contributed by atoms with Gasteiger partial charge in [0.25, 0.3) is 0 Å². The largest absolute Gasteiger partial charge is 0.481 e. The number of carboxylic acid groups (broad SMARTS) is 1. The zero-order valence-electron chi connectivity index (χ0n) is 9.78. The third-order valence-electron chi connectivity index (χ3n) is 3.42. The molecule has 2 aliphatic heterocycles. The van der Waals surface area contributed by atoms with E-state index >= 15 is 0 Å². The second-order valence-electron chi connectivity index (χ2n) is 4.55. The van der Waals surface area contributed by atoms with E-state index in [9.17, 15) is 9.18 Å². The summed E-state index contributed by atoms with van der Waals surface area (Å²) in [6.45, 7) is 0.304. The number of carbonyl (C=O) groups is 1. The summed E-state index contributed by atoms with van der Waals surface area (Å²) in [5.41, 5.74) is 0.253. The van der Waals surface area contributed by atoms with Gasteiger partial charge in [0.1, 0.15) is 0 Å². The van der Waals surface area contributed by atoms with Crippen LogP contribution in [0.3, 0.4) is 0 Å². The molecule has 1 fully saturated rings. The Kier molecular flexibility index (Phi) is 2.99. The van der Waals surface area contributed by atoms with Crippen molar-refractivity contribution in [1.29, 1.82) is 0 Å². The van der Waals surface area contributed by atoms with Crippen LogP contribution in [0.1, 0.15) is 18.0 Å². The highest BCUT2D eigenvalue weighted by atomic mass is 35.5. The Morgan fingerprint density at radius 1 is 1.53 bits per heavy atom. The molecule has 2 aliphatic rings. The maximum absolute atomic E-state index is 14.2. The fraction of sp³-hybridized carbons (Fsp3) is 0.417. The second kappa shape index (κ2) is 4.54. The van der Waals surface area contributed by atoms with Gasteiger partial charge >= 0.3 is 5.97 Å². The average molecular weight is 288 g/mol. The van der Waals surface area contributed by atoms with Gasteiger partial charge in [-0.25, -0.2) is 4.39 Å². The molecule has 1 aromatic carbocycles. The first-order valence-corrected chi connectivity index (χ1v) is 6.19. The highest BCUT2D eigenvalue weighted by molar-refractivity contribution is 6.31. The van der Waals surface area contributed by atoms with Gasteiger partial charge in [0.2, 0.25) is 6.79 Å². The molecule has 1 aromatic rings. The number of aliphatic carboxylic acids is 1. The van der Waals surface area contributed by atoms with E-state index in [1.165, 1.54) is 6.07 Å². The summed E-state index contributed by atoms with van der Waals surface area (Å²) in [4.78, 5) is 10.9. The van der Waals surface area contributed by atoms with Crippen molar-refractivity contribution >= 4 is 17.6 Å². The Morgan fingerprint density at radius 3 is 3.00 bits per heavy atom. The number of fused-ring (bicyclic) bond motifs is 1. The SMILES string of the molecule is O=C(O)C1CNC(c2c(F)c(Cl)cc3c2OCO3)C1. The summed E-state index contributed by atoms with van der Waals surface area (Å²) in [5, 5.41) is 11.9. The van der Waals surface area contributed by atoms with Gasteiger partial charge in [0, 0.05) is 18.7 Å². The van der Waals surface area contributed by atoms with Crippen molar-refractivity contribution < 1.29 is 23.8 Å². The highest BCUT2D eigenvalue weighted by Gasteiger charge is 2.36. The standard InChI is InChI=1S/C12H11ClFNO4/c13-6-2-8-11(19-4-18-8)9(10(6)14)7-1-5(3-15-7)12(16)17/h2,5,7,15H,1,3-4H2,(H,16,17). The summed E-state index contributed by atoms with van der Waals surface area (Å²) in [6.07, 6.45) is 0.294. The normalized spacial score (nSPS) is 24.7. The lowest BCUT2D eigenvalue weighted by Crippen LogP contribution is -2.18. The average Bonchev–Trinajstić information content (AvgIpc) is 2.99. The molecular formula is C12H11ClFNO4. The molecule has 1 saturated heterocycles. The van der Waals surface area contributed by atoms with Gasteiger partial charge in [0.05, 0.1) is 16.5 Å². The minimum atomic E-state index is -0.897. The van der Waals surface area contributed by atoms with Crippen LogP contribution in [-0.2, 0) is 4.79 Å². The summed E-state index contributed by atoms with van der Waals surface area (Å²) >= 11 is 5.82. The molecule has 0 spiro atoms. The topological polar surface area (TPSA) is 67.8 Å². The van der Waals surface area contributed by atoms with E-state index in [2.05, 4.69) is 5.32 Å². The van der Waals surface area contributed by atoms with Crippen molar-refractivity contribution in [3.63, 3.8) is 0 Å². The lowest BCUT2D eigenvalue weighted by Gasteiger charge is -2.15. The van der Waals surface area contributed by atoms with Crippen molar-refractivity contribution in [2.75, 3.05) is 13.3 Å². The molecule has 2 N–H and O–H groups in total. The van der Waals surface area contributed by atoms with Crippen molar-refractivity contribution in [2.24, 2.45) is 5.92 Å². The number of hydrogen-bond donors (Lipinski definition) is 2. The first-order chi connectivity index (χ1) is 9.08. The molecule has 2 unspecified atom stereocenters. The molecule has 0 radical (unpaired) electrons. The Bertz CT molecular complexity index is 551. The fourth-order valence-electron chi connectivity index (χ4n) is 2.47. The van der Waals surface area contributed by atoms with Gasteiger partial charge in [-0.1, -0.05) is 11.6 Å². The Hall–Kier alpha value is -1.53. The quantitative estimate of drug-likeness (QED) is 0.870. The Labute approximate surface area is 113 Å². The molecule has 102 valence electrons. The fourth-order valence-corrected chi connectivity index (χ4v) is 2.67. The van der Waals surface area contributed by atoms with E-state index < -0.39 is 23.7 Å². The van der Waals surface area contributed by atoms with Crippen LogP contribution in [0.15, 0.2) is 6.07 Å². The first kappa shape index (κ1) is 12.5. The highest BCUT2D eigenvalue weighted by Crippen LogP contribution is 2.45. The van der Waals surface area contributed by atoms with E-state index in [1.807, 2.05) is 0 Å². The number of carboxylic acids is 1. The summed E-state index contributed by atoms with van der Waals surface area (Å²) in [7, 11) is 0. The zero-order valence-corrected chi connectivity index (χ0v) is 10.5. The van der Waals surface area contributed by atoms with Gasteiger partial charge in [-0.15, -0.1) is 0 Å². The van der Waals surface area contributed by atoms with E-state index in [4.69, 9.17) is 26.2 Å². The molecule has 0 aromatic heterocycles. The number of rotatable bonds is 2. The smallest absolute Gasteiger partial charge is 0.307 e. The molecular weight excluding hydrogens is 277 g/mol. The molecule has 5 nitrogen and oxygen atoms in total. The summed E-state index contributed by atoms with van der Waals surface area (Å²) in [5.74, 6) is -1.32. The van der Waals surface area contributed by atoms with Crippen LogP contribution in [0.2, 0.25) is 5.02 Å².